The number of carbonyl (C=O) groups is 2. The number of carboxylic acids is 1. The van der Waals surface area contributed by atoms with Crippen molar-refractivity contribution < 1.29 is 14.7 Å². The molecule has 0 aliphatic carbocycles. The first-order valence-electron chi connectivity index (χ1n) is 7.85. The number of amides is 1. The molecule has 114 valence electrons. The van der Waals surface area contributed by atoms with Crippen LogP contribution in [0.5, 0.6) is 0 Å². The van der Waals surface area contributed by atoms with Crippen molar-refractivity contribution in [3.05, 3.63) is 0 Å². The van der Waals surface area contributed by atoms with Crippen LogP contribution in [-0.2, 0) is 9.59 Å². The third-order valence-electron chi connectivity index (χ3n) is 4.62. The molecule has 2 fully saturated rings. The highest BCUT2D eigenvalue weighted by atomic mass is 16.4. The molecular weight excluding hydrogens is 256 g/mol. The summed E-state index contributed by atoms with van der Waals surface area (Å²) in [6.07, 6.45) is 6.21. The second kappa shape index (κ2) is 7.07. The standard InChI is InChI=1S/C15H26N2O3/c1-12(14(18)16-8-4-2-3-5-9-16)17-10-6-7-13(11-17)15(19)20/h12-13H,2-11H2,1H3,(H,19,20). The van der Waals surface area contributed by atoms with E-state index in [0.29, 0.717) is 6.54 Å². The molecule has 20 heavy (non-hydrogen) atoms. The van der Waals surface area contributed by atoms with Crippen molar-refractivity contribution in [3.63, 3.8) is 0 Å². The summed E-state index contributed by atoms with van der Waals surface area (Å²) in [5.41, 5.74) is 0. The summed E-state index contributed by atoms with van der Waals surface area (Å²) < 4.78 is 0. The van der Waals surface area contributed by atoms with Gasteiger partial charge in [0.2, 0.25) is 5.91 Å². The van der Waals surface area contributed by atoms with Gasteiger partial charge in [-0.1, -0.05) is 12.8 Å². The maximum atomic E-state index is 12.6. The molecule has 1 amide bonds. The molecule has 2 rings (SSSR count). The maximum absolute atomic E-state index is 12.6. The van der Waals surface area contributed by atoms with Crippen LogP contribution in [0.4, 0.5) is 0 Å². The minimum Gasteiger partial charge on any atom is -0.481 e. The third kappa shape index (κ3) is 3.72. The molecule has 2 saturated heterocycles. The van der Waals surface area contributed by atoms with E-state index in [1.807, 2.05) is 11.8 Å². The van der Waals surface area contributed by atoms with Gasteiger partial charge in [0.15, 0.2) is 0 Å². The summed E-state index contributed by atoms with van der Waals surface area (Å²) in [6, 6.07) is -0.185. The average molecular weight is 282 g/mol. The molecule has 2 unspecified atom stereocenters. The average Bonchev–Trinajstić information content (AvgIpc) is 2.75. The molecular formula is C15H26N2O3. The van der Waals surface area contributed by atoms with Crippen LogP contribution in [-0.4, -0.2) is 59.0 Å². The number of carboxylic acid groups (broad SMARTS) is 1. The predicted octanol–water partition coefficient (Wildman–Crippen LogP) is 1.57. The summed E-state index contributed by atoms with van der Waals surface area (Å²) in [6.45, 7) is 5.00. The molecule has 5 heteroatoms. The number of hydrogen-bond acceptors (Lipinski definition) is 3. The normalized spacial score (nSPS) is 26.9. The topological polar surface area (TPSA) is 60.9 Å². The van der Waals surface area contributed by atoms with Crippen molar-refractivity contribution >= 4 is 11.9 Å². The maximum Gasteiger partial charge on any atom is 0.307 e. The van der Waals surface area contributed by atoms with Crippen LogP contribution >= 0.6 is 0 Å². The lowest BCUT2D eigenvalue weighted by Gasteiger charge is -2.36. The molecule has 5 nitrogen and oxygen atoms in total. The van der Waals surface area contributed by atoms with E-state index in [0.717, 1.165) is 45.3 Å². The summed E-state index contributed by atoms with van der Waals surface area (Å²) in [5.74, 6) is -0.870. The quantitative estimate of drug-likeness (QED) is 0.853. The second-order valence-electron chi connectivity index (χ2n) is 6.09. The summed E-state index contributed by atoms with van der Waals surface area (Å²) >= 11 is 0. The first kappa shape index (κ1) is 15.3. The van der Waals surface area contributed by atoms with Gasteiger partial charge in [0, 0.05) is 19.6 Å². The van der Waals surface area contributed by atoms with Gasteiger partial charge in [0.1, 0.15) is 0 Å². The number of nitrogens with zero attached hydrogens (tertiary/aromatic N) is 2. The lowest BCUT2D eigenvalue weighted by Crippen LogP contribution is -2.51. The lowest BCUT2D eigenvalue weighted by atomic mass is 9.97. The van der Waals surface area contributed by atoms with E-state index in [1.165, 1.54) is 12.8 Å². The Labute approximate surface area is 120 Å². The number of rotatable bonds is 3. The molecule has 2 atom stereocenters. The van der Waals surface area contributed by atoms with Crippen molar-refractivity contribution in [2.75, 3.05) is 26.2 Å². The molecule has 0 spiro atoms. The van der Waals surface area contributed by atoms with Gasteiger partial charge in [0.25, 0.3) is 0 Å². The van der Waals surface area contributed by atoms with Gasteiger partial charge < -0.3 is 10.0 Å². The van der Waals surface area contributed by atoms with Gasteiger partial charge in [-0.15, -0.1) is 0 Å². The second-order valence-corrected chi connectivity index (χ2v) is 6.09. The van der Waals surface area contributed by atoms with Crippen molar-refractivity contribution in [1.29, 1.82) is 0 Å². The molecule has 2 aliphatic heterocycles. The molecule has 2 heterocycles. The van der Waals surface area contributed by atoms with E-state index in [2.05, 4.69) is 4.90 Å². The largest absolute Gasteiger partial charge is 0.481 e. The van der Waals surface area contributed by atoms with E-state index in [9.17, 15) is 9.59 Å². The zero-order valence-corrected chi connectivity index (χ0v) is 12.4. The molecule has 0 saturated carbocycles. The lowest BCUT2D eigenvalue weighted by molar-refractivity contribution is -0.146. The fourth-order valence-electron chi connectivity index (χ4n) is 3.27. The molecule has 2 aliphatic rings. The van der Waals surface area contributed by atoms with Crippen LogP contribution < -0.4 is 0 Å². The van der Waals surface area contributed by atoms with Crippen LogP contribution in [0.2, 0.25) is 0 Å². The Kier molecular flexibility index (Phi) is 5.40. The SMILES string of the molecule is CC(C(=O)N1CCCCCC1)N1CCCC(C(=O)O)C1. The van der Waals surface area contributed by atoms with Crippen molar-refractivity contribution in [1.82, 2.24) is 9.80 Å². The molecule has 0 radical (unpaired) electrons. The summed E-state index contributed by atoms with van der Waals surface area (Å²) in [7, 11) is 0. The first-order valence-corrected chi connectivity index (χ1v) is 7.85. The highest BCUT2D eigenvalue weighted by Crippen LogP contribution is 2.20. The number of aliphatic carboxylic acids is 1. The van der Waals surface area contributed by atoms with E-state index >= 15 is 0 Å². The van der Waals surface area contributed by atoms with Gasteiger partial charge in [0.05, 0.1) is 12.0 Å². The molecule has 0 bridgehead atoms. The first-order chi connectivity index (χ1) is 9.59. The molecule has 1 N–H and O–H groups in total. The van der Waals surface area contributed by atoms with Gasteiger partial charge in [-0.2, -0.15) is 0 Å². The summed E-state index contributed by atoms with van der Waals surface area (Å²) in [5, 5.41) is 9.14. The fraction of sp³-hybridized carbons (Fsp3) is 0.867. The Bertz CT molecular complexity index is 351. The summed E-state index contributed by atoms with van der Waals surface area (Å²) in [4.78, 5) is 27.7. The minimum absolute atomic E-state index is 0.179. The Morgan fingerprint density at radius 1 is 1.05 bits per heavy atom. The third-order valence-corrected chi connectivity index (χ3v) is 4.62. The van der Waals surface area contributed by atoms with Gasteiger partial charge >= 0.3 is 5.97 Å². The number of piperidine rings is 1. The zero-order valence-electron chi connectivity index (χ0n) is 12.4. The number of hydrogen-bond donors (Lipinski definition) is 1. The van der Waals surface area contributed by atoms with E-state index < -0.39 is 5.97 Å². The van der Waals surface area contributed by atoms with Crippen LogP contribution in [0, 0.1) is 5.92 Å². The Hall–Kier alpha value is -1.10. The van der Waals surface area contributed by atoms with Crippen LogP contribution in [0.3, 0.4) is 0 Å². The van der Waals surface area contributed by atoms with Crippen LogP contribution in [0.1, 0.15) is 45.4 Å². The molecule has 0 aromatic carbocycles. The van der Waals surface area contributed by atoms with Gasteiger partial charge in [-0.05, 0) is 39.2 Å². The number of likely N-dealkylation sites (tertiary alicyclic amines) is 2. The Balaban J connectivity index is 1.93. The van der Waals surface area contributed by atoms with E-state index in [4.69, 9.17) is 5.11 Å². The predicted molar refractivity (Wildman–Crippen MR) is 76.4 cm³/mol. The van der Waals surface area contributed by atoms with Crippen molar-refractivity contribution in [2.24, 2.45) is 5.92 Å². The van der Waals surface area contributed by atoms with Gasteiger partial charge in [-0.25, -0.2) is 0 Å². The fourth-order valence-corrected chi connectivity index (χ4v) is 3.27. The van der Waals surface area contributed by atoms with E-state index in [1.54, 1.807) is 0 Å². The highest BCUT2D eigenvalue weighted by Gasteiger charge is 2.32. The van der Waals surface area contributed by atoms with E-state index in [-0.39, 0.29) is 17.9 Å². The molecule has 0 aromatic heterocycles. The van der Waals surface area contributed by atoms with Gasteiger partial charge in [-0.3, -0.25) is 14.5 Å². The smallest absolute Gasteiger partial charge is 0.307 e. The monoisotopic (exact) mass is 282 g/mol. The number of carbonyl (C=O) groups excluding carboxylic acids is 1. The minimum atomic E-state index is -0.732. The zero-order chi connectivity index (χ0) is 14.5. The van der Waals surface area contributed by atoms with Crippen molar-refractivity contribution in [3.8, 4) is 0 Å². The highest BCUT2D eigenvalue weighted by molar-refractivity contribution is 5.81. The Morgan fingerprint density at radius 2 is 1.70 bits per heavy atom. The van der Waals surface area contributed by atoms with Crippen molar-refractivity contribution in [2.45, 2.75) is 51.5 Å². The Morgan fingerprint density at radius 3 is 2.30 bits per heavy atom. The molecule has 0 aromatic rings. The van der Waals surface area contributed by atoms with Crippen LogP contribution in [0.15, 0.2) is 0 Å². The van der Waals surface area contributed by atoms with Crippen LogP contribution in [0.25, 0.3) is 0 Å².